The lowest BCUT2D eigenvalue weighted by Gasteiger charge is -2.15. The minimum atomic E-state index is 0.398. The maximum absolute atomic E-state index is 5.71. The molecule has 4 nitrogen and oxygen atoms in total. The van der Waals surface area contributed by atoms with E-state index in [-0.39, 0.29) is 0 Å². The predicted molar refractivity (Wildman–Crippen MR) is 75.9 cm³/mol. The van der Waals surface area contributed by atoms with Crippen molar-refractivity contribution in [3.8, 4) is 5.88 Å². The Kier molecular flexibility index (Phi) is 5.97. The summed E-state index contributed by atoms with van der Waals surface area (Å²) in [5.74, 6) is 3.62. The molecule has 0 amide bonds. The third kappa shape index (κ3) is 4.73. The van der Waals surface area contributed by atoms with E-state index < -0.39 is 0 Å². The number of hydrogen-bond acceptors (Lipinski definition) is 5. The van der Waals surface area contributed by atoms with Gasteiger partial charge in [-0.25, -0.2) is 0 Å². The number of anilines is 2. The number of nitrogens with zero attached hydrogens (tertiary/aromatic N) is 1. The van der Waals surface area contributed by atoms with Gasteiger partial charge < -0.3 is 15.8 Å². The van der Waals surface area contributed by atoms with Gasteiger partial charge in [-0.15, -0.1) is 0 Å². The summed E-state index contributed by atoms with van der Waals surface area (Å²) in [6.07, 6.45) is 1.12. The van der Waals surface area contributed by atoms with Gasteiger partial charge in [-0.3, -0.25) is 0 Å². The molecule has 0 aromatic carbocycles. The fourth-order valence-electron chi connectivity index (χ4n) is 1.42. The molecule has 0 aliphatic heterocycles. The molecule has 0 radical (unpaired) electrons. The number of ether oxygens (including phenoxy) is 1. The van der Waals surface area contributed by atoms with Gasteiger partial charge in [0.05, 0.1) is 12.8 Å². The fraction of sp³-hybridized carbons (Fsp3) is 0.583. The van der Waals surface area contributed by atoms with Crippen LogP contribution < -0.4 is 15.8 Å². The van der Waals surface area contributed by atoms with E-state index in [2.05, 4.69) is 24.1 Å². The largest absolute Gasteiger partial charge is 0.479 e. The molecule has 1 aromatic heterocycles. The molecule has 0 saturated carbocycles. The Morgan fingerprint density at radius 2 is 2.29 bits per heavy atom. The van der Waals surface area contributed by atoms with E-state index in [9.17, 15) is 0 Å². The SMILES string of the molecule is CCSCCC(C)Nc1ccc(N)c(OC)n1. The number of rotatable bonds is 7. The third-order valence-corrected chi connectivity index (χ3v) is 3.31. The highest BCUT2D eigenvalue weighted by Gasteiger charge is 2.06. The molecule has 0 aliphatic rings. The van der Waals surface area contributed by atoms with Crippen LogP contribution in [0.1, 0.15) is 20.3 Å². The van der Waals surface area contributed by atoms with E-state index in [0.29, 0.717) is 17.6 Å². The lowest BCUT2D eigenvalue weighted by molar-refractivity contribution is 0.400. The second-order valence-electron chi connectivity index (χ2n) is 3.83. The van der Waals surface area contributed by atoms with Gasteiger partial charge in [-0.05, 0) is 37.0 Å². The molecule has 1 aromatic rings. The molecule has 0 saturated heterocycles. The lowest BCUT2D eigenvalue weighted by Crippen LogP contribution is -2.17. The van der Waals surface area contributed by atoms with Gasteiger partial charge in [0.2, 0.25) is 5.88 Å². The molecule has 5 heteroatoms. The van der Waals surface area contributed by atoms with E-state index in [1.807, 2.05) is 23.9 Å². The van der Waals surface area contributed by atoms with Gasteiger partial charge >= 0.3 is 0 Å². The number of methoxy groups -OCH3 is 1. The Morgan fingerprint density at radius 3 is 2.94 bits per heavy atom. The van der Waals surface area contributed by atoms with Crippen LogP contribution in [-0.2, 0) is 0 Å². The van der Waals surface area contributed by atoms with E-state index >= 15 is 0 Å². The van der Waals surface area contributed by atoms with Gasteiger partial charge in [0.25, 0.3) is 0 Å². The minimum Gasteiger partial charge on any atom is -0.479 e. The molecular weight excluding hydrogens is 234 g/mol. The Morgan fingerprint density at radius 1 is 1.53 bits per heavy atom. The van der Waals surface area contributed by atoms with Gasteiger partial charge in [0, 0.05) is 6.04 Å². The van der Waals surface area contributed by atoms with Crippen molar-refractivity contribution in [3.05, 3.63) is 12.1 Å². The molecule has 1 rings (SSSR count). The summed E-state index contributed by atoms with van der Waals surface area (Å²) >= 11 is 1.95. The third-order valence-electron chi connectivity index (χ3n) is 2.38. The molecule has 0 fully saturated rings. The van der Waals surface area contributed by atoms with Crippen molar-refractivity contribution in [1.29, 1.82) is 0 Å². The van der Waals surface area contributed by atoms with Crippen LogP contribution in [0.3, 0.4) is 0 Å². The standard InChI is InChI=1S/C12H21N3OS/c1-4-17-8-7-9(2)14-11-6-5-10(13)12(15-11)16-3/h5-6,9H,4,7-8,13H2,1-3H3,(H,14,15). The number of nitrogens with two attached hydrogens (primary N) is 1. The van der Waals surface area contributed by atoms with Crippen LogP contribution in [0.15, 0.2) is 12.1 Å². The second kappa shape index (κ2) is 7.27. The first kappa shape index (κ1) is 14.0. The topological polar surface area (TPSA) is 60.2 Å². The summed E-state index contributed by atoms with van der Waals surface area (Å²) < 4.78 is 5.09. The van der Waals surface area contributed by atoms with Gasteiger partial charge in [-0.2, -0.15) is 16.7 Å². The highest BCUT2D eigenvalue weighted by molar-refractivity contribution is 7.99. The number of nitrogens with one attached hydrogen (secondary N) is 1. The van der Waals surface area contributed by atoms with Crippen molar-refractivity contribution in [2.75, 3.05) is 29.7 Å². The molecule has 0 bridgehead atoms. The number of thioether (sulfide) groups is 1. The van der Waals surface area contributed by atoms with Gasteiger partial charge in [0.1, 0.15) is 5.82 Å². The quantitative estimate of drug-likeness (QED) is 0.733. The average Bonchev–Trinajstić information content (AvgIpc) is 2.32. The smallest absolute Gasteiger partial charge is 0.238 e. The van der Waals surface area contributed by atoms with Crippen LogP contribution in [0.5, 0.6) is 5.88 Å². The Bertz CT molecular complexity index is 347. The van der Waals surface area contributed by atoms with E-state index in [1.54, 1.807) is 7.11 Å². The minimum absolute atomic E-state index is 0.398. The summed E-state index contributed by atoms with van der Waals surface area (Å²) in [5.41, 5.74) is 6.27. The number of nitrogen functional groups attached to an aromatic ring is 1. The van der Waals surface area contributed by atoms with E-state index in [4.69, 9.17) is 10.5 Å². The van der Waals surface area contributed by atoms with Crippen molar-refractivity contribution in [2.24, 2.45) is 0 Å². The summed E-state index contributed by atoms with van der Waals surface area (Å²) in [7, 11) is 1.57. The molecule has 1 unspecified atom stereocenters. The van der Waals surface area contributed by atoms with Crippen molar-refractivity contribution >= 4 is 23.3 Å². The zero-order valence-electron chi connectivity index (χ0n) is 10.7. The van der Waals surface area contributed by atoms with Crippen molar-refractivity contribution < 1.29 is 4.74 Å². The fourth-order valence-corrected chi connectivity index (χ4v) is 2.23. The first-order valence-corrected chi connectivity index (χ1v) is 6.97. The van der Waals surface area contributed by atoms with Crippen LogP contribution in [0.25, 0.3) is 0 Å². The monoisotopic (exact) mass is 255 g/mol. The first-order chi connectivity index (χ1) is 8.17. The van der Waals surface area contributed by atoms with Crippen LogP contribution in [0.4, 0.5) is 11.5 Å². The molecule has 0 aliphatic carbocycles. The average molecular weight is 255 g/mol. The number of pyridine rings is 1. The summed E-state index contributed by atoms with van der Waals surface area (Å²) in [6.45, 7) is 4.33. The van der Waals surface area contributed by atoms with Crippen LogP contribution in [0, 0.1) is 0 Å². The zero-order valence-corrected chi connectivity index (χ0v) is 11.5. The summed E-state index contributed by atoms with van der Waals surface area (Å²) in [5, 5.41) is 3.34. The maximum Gasteiger partial charge on any atom is 0.238 e. The normalized spacial score (nSPS) is 12.2. The van der Waals surface area contributed by atoms with Crippen LogP contribution in [-0.4, -0.2) is 29.6 Å². The Labute approximate surface area is 107 Å². The molecular formula is C12H21N3OS. The number of aromatic nitrogens is 1. The van der Waals surface area contributed by atoms with E-state index in [1.165, 1.54) is 5.75 Å². The molecule has 0 spiro atoms. The van der Waals surface area contributed by atoms with Crippen LogP contribution >= 0.6 is 11.8 Å². The van der Waals surface area contributed by atoms with Gasteiger partial charge in [-0.1, -0.05) is 6.92 Å². The Balaban J connectivity index is 2.50. The van der Waals surface area contributed by atoms with Gasteiger partial charge in [0.15, 0.2) is 0 Å². The van der Waals surface area contributed by atoms with Crippen LogP contribution in [0.2, 0.25) is 0 Å². The number of hydrogen-bond donors (Lipinski definition) is 2. The van der Waals surface area contributed by atoms with Crippen molar-refractivity contribution in [2.45, 2.75) is 26.3 Å². The first-order valence-electron chi connectivity index (χ1n) is 5.82. The molecule has 3 N–H and O–H groups in total. The molecule has 96 valence electrons. The zero-order chi connectivity index (χ0) is 12.7. The van der Waals surface area contributed by atoms with E-state index in [0.717, 1.165) is 18.0 Å². The highest BCUT2D eigenvalue weighted by atomic mass is 32.2. The Hall–Kier alpha value is -1.10. The molecule has 17 heavy (non-hydrogen) atoms. The van der Waals surface area contributed by atoms with Crippen molar-refractivity contribution in [1.82, 2.24) is 4.98 Å². The maximum atomic E-state index is 5.71. The molecule has 1 atom stereocenters. The summed E-state index contributed by atoms with van der Waals surface area (Å²) in [6, 6.07) is 4.08. The second-order valence-corrected chi connectivity index (χ2v) is 5.22. The highest BCUT2D eigenvalue weighted by Crippen LogP contribution is 2.20. The van der Waals surface area contributed by atoms with Crippen molar-refractivity contribution in [3.63, 3.8) is 0 Å². The summed E-state index contributed by atoms with van der Waals surface area (Å²) in [4.78, 5) is 4.29. The lowest BCUT2D eigenvalue weighted by atomic mass is 10.2. The predicted octanol–water partition coefficient (Wildman–Crippen LogP) is 2.62. The molecule has 1 heterocycles.